The van der Waals surface area contributed by atoms with Crippen molar-refractivity contribution in [3.8, 4) is 0 Å². The SMILES string of the molecule is c1cc(CNCCCN2CCOCC2)ccc1CCNCCCN1CCOCC1. The Kier molecular flexibility index (Phi) is 11.0. The van der Waals surface area contributed by atoms with Crippen LogP contribution in [0.1, 0.15) is 24.0 Å². The molecule has 0 aromatic heterocycles. The second-order valence-electron chi connectivity index (χ2n) is 8.11. The van der Waals surface area contributed by atoms with Crippen molar-refractivity contribution in [1.82, 2.24) is 20.4 Å². The summed E-state index contributed by atoms with van der Waals surface area (Å²) in [6.07, 6.45) is 3.52. The Morgan fingerprint density at radius 2 is 1.17 bits per heavy atom. The standard InChI is InChI=1S/C23H40N4O2/c1(11-26-13-17-28-18-14-26)8-24-10-7-22-3-5-23(6-4-22)21-25-9-2-12-27-15-19-29-20-16-27/h3-6,24-25H,1-2,7-21H2. The third kappa shape index (κ3) is 9.55. The summed E-state index contributed by atoms with van der Waals surface area (Å²) in [6, 6.07) is 9.09. The van der Waals surface area contributed by atoms with Crippen LogP contribution >= 0.6 is 0 Å². The first-order chi connectivity index (χ1) is 14.4. The van der Waals surface area contributed by atoms with Crippen molar-refractivity contribution in [3.63, 3.8) is 0 Å². The lowest BCUT2D eigenvalue weighted by Gasteiger charge is -2.26. The predicted octanol–water partition coefficient (Wildman–Crippen LogP) is 1.35. The molecule has 0 radical (unpaired) electrons. The summed E-state index contributed by atoms with van der Waals surface area (Å²) in [5.41, 5.74) is 2.79. The fraction of sp³-hybridized carbons (Fsp3) is 0.739. The number of benzene rings is 1. The molecule has 29 heavy (non-hydrogen) atoms. The van der Waals surface area contributed by atoms with Gasteiger partial charge in [-0.05, 0) is 63.1 Å². The van der Waals surface area contributed by atoms with Crippen molar-refractivity contribution in [3.05, 3.63) is 35.4 Å². The lowest BCUT2D eigenvalue weighted by atomic mass is 10.1. The molecule has 2 aliphatic heterocycles. The monoisotopic (exact) mass is 404 g/mol. The van der Waals surface area contributed by atoms with E-state index in [2.05, 4.69) is 44.7 Å². The zero-order valence-electron chi connectivity index (χ0n) is 18.0. The first-order valence-electron chi connectivity index (χ1n) is 11.5. The number of nitrogens with one attached hydrogen (secondary N) is 2. The highest BCUT2D eigenvalue weighted by atomic mass is 16.5. The normalized spacial score (nSPS) is 18.9. The van der Waals surface area contributed by atoms with E-state index >= 15 is 0 Å². The van der Waals surface area contributed by atoms with Crippen LogP contribution in [0.15, 0.2) is 24.3 Å². The zero-order valence-corrected chi connectivity index (χ0v) is 18.0. The van der Waals surface area contributed by atoms with Gasteiger partial charge in [0.05, 0.1) is 26.4 Å². The fourth-order valence-corrected chi connectivity index (χ4v) is 3.92. The summed E-state index contributed by atoms with van der Waals surface area (Å²) in [4.78, 5) is 5.00. The molecule has 2 aliphatic rings. The summed E-state index contributed by atoms with van der Waals surface area (Å²) >= 11 is 0. The molecule has 1 aromatic carbocycles. The highest BCUT2D eigenvalue weighted by molar-refractivity contribution is 5.22. The second-order valence-corrected chi connectivity index (χ2v) is 8.11. The van der Waals surface area contributed by atoms with Gasteiger partial charge in [-0.2, -0.15) is 0 Å². The molecular formula is C23H40N4O2. The van der Waals surface area contributed by atoms with Crippen LogP contribution in [0.2, 0.25) is 0 Å². The highest BCUT2D eigenvalue weighted by Crippen LogP contribution is 2.05. The molecule has 0 amide bonds. The van der Waals surface area contributed by atoms with E-state index in [0.717, 1.165) is 85.2 Å². The summed E-state index contributed by atoms with van der Waals surface area (Å²) in [7, 11) is 0. The molecule has 164 valence electrons. The molecule has 2 fully saturated rings. The zero-order chi connectivity index (χ0) is 20.0. The van der Waals surface area contributed by atoms with E-state index in [1.165, 1.54) is 37.1 Å². The van der Waals surface area contributed by atoms with Gasteiger partial charge in [0.25, 0.3) is 0 Å². The molecule has 0 unspecified atom stereocenters. The Morgan fingerprint density at radius 1 is 0.655 bits per heavy atom. The van der Waals surface area contributed by atoms with Crippen molar-refractivity contribution in [2.75, 3.05) is 85.3 Å². The van der Waals surface area contributed by atoms with Crippen LogP contribution in [0.25, 0.3) is 0 Å². The van der Waals surface area contributed by atoms with Gasteiger partial charge in [0.15, 0.2) is 0 Å². The predicted molar refractivity (Wildman–Crippen MR) is 118 cm³/mol. The summed E-state index contributed by atoms with van der Waals surface area (Å²) in [6.45, 7) is 14.5. The van der Waals surface area contributed by atoms with Gasteiger partial charge in [0.2, 0.25) is 0 Å². The molecule has 0 atom stereocenters. The van der Waals surface area contributed by atoms with Gasteiger partial charge in [-0.1, -0.05) is 24.3 Å². The molecule has 3 rings (SSSR count). The number of ether oxygens (including phenoxy) is 2. The fourth-order valence-electron chi connectivity index (χ4n) is 3.92. The van der Waals surface area contributed by atoms with Crippen molar-refractivity contribution < 1.29 is 9.47 Å². The van der Waals surface area contributed by atoms with Crippen molar-refractivity contribution >= 4 is 0 Å². The molecular weight excluding hydrogens is 364 g/mol. The lowest BCUT2D eigenvalue weighted by Crippen LogP contribution is -2.37. The number of rotatable bonds is 13. The molecule has 0 aliphatic carbocycles. The van der Waals surface area contributed by atoms with Gasteiger partial charge < -0.3 is 20.1 Å². The van der Waals surface area contributed by atoms with E-state index < -0.39 is 0 Å². The molecule has 2 saturated heterocycles. The summed E-state index contributed by atoms with van der Waals surface area (Å²) < 4.78 is 10.8. The molecule has 6 nitrogen and oxygen atoms in total. The maximum absolute atomic E-state index is 5.39. The van der Waals surface area contributed by atoms with Crippen molar-refractivity contribution in [1.29, 1.82) is 0 Å². The maximum atomic E-state index is 5.39. The molecule has 1 aromatic rings. The van der Waals surface area contributed by atoms with Crippen LogP contribution in [0.3, 0.4) is 0 Å². The maximum Gasteiger partial charge on any atom is 0.0594 e. The molecule has 0 spiro atoms. The minimum atomic E-state index is 0.893. The Labute approximate surface area is 176 Å². The molecule has 0 bridgehead atoms. The van der Waals surface area contributed by atoms with Gasteiger partial charge >= 0.3 is 0 Å². The van der Waals surface area contributed by atoms with Gasteiger partial charge in [0, 0.05) is 32.7 Å². The summed E-state index contributed by atoms with van der Waals surface area (Å²) in [5, 5.41) is 7.15. The van der Waals surface area contributed by atoms with Gasteiger partial charge in [-0.15, -0.1) is 0 Å². The molecule has 0 saturated carbocycles. The van der Waals surface area contributed by atoms with Crippen molar-refractivity contribution in [2.45, 2.75) is 25.8 Å². The van der Waals surface area contributed by atoms with E-state index in [1.807, 2.05) is 0 Å². The van der Waals surface area contributed by atoms with E-state index in [9.17, 15) is 0 Å². The van der Waals surface area contributed by atoms with Crippen LogP contribution in [0, 0.1) is 0 Å². The first-order valence-corrected chi connectivity index (χ1v) is 11.5. The average molecular weight is 405 g/mol. The quantitative estimate of drug-likeness (QED) is 0.484. The topological polar surface area (TPSA) is 49.0 Å². The Balaban J connectivity index is 1.17. The Morgan fingerprint density at radius 3 is 1.76 bits per heavy atom. The minimum absolute atomic E-state index is 0.893. The number of hydrogen-bond acceptors (Lipinski definition) is 6. The smallest absolute Gasteiger partial charge is 0.0594 e. The van der Waals surface area contributed by atoms with E-state index in [0.29, 0.717) is 0 Å². The lowest BCUT2D eigenvalue weighted by molar-refractivity contribution is 0.0374. The molecule has 2 N–H and O–H groups in total. The van der Waals surface area contributed by atoms with Gasteiger partial charge in [0.1, 0.15) is 0 Å². The molecule has 6 heteroatoms. The van der Waals surface area contributed by atoms with E-state index in [-0.39, 0.29) is 0 Å². The van der Waals surface area contributed by atoms with Gasteiger partial charge in [-0.25, -0.2) is 0 Å². The van der Waals surface area contributed by atoms with Crippen molar-refractivity contribution in [2.24, 2.45) is 0 Å². The minimum Gasteiger partial charge on any atom is -0.379 e. The Bertz CT molecular complexity index is 528. The van der Waals surface area contributed by atoms with E-state index in [1.54, 1.807) is 0 Å². The first kappa shape index (κ1) is 22.7. The largest absolute Gasteiger partial charge is 0.379 e. The van der Waals surface area contributed by atoms with Crippen LogP contribution in [0.4, 0.5) is 0 Å². The summed E-state index contributed by atoms with van der Waals surface area (Å²) in [5.74, 6) is 0. The number of morpholine rings is 2. The van der Waals surface area contributed by atoms with Crippen LogP contribution in [-0.2, 0) is 22.4 Å². The Hall–Kier alpha value is -1.02. The van der Waals surface area contributed by atoms with E-state index in [4.69, 9.17) is 9.47 Å². The second kappa shape index (κ2) is 14.1. The number of hydrogen-bond donors (Lipinski definition) is 2. The average Bonchev–Trinajstić information content (AvgIpc) is 2.78. The third-order valence-corrected chi connectivity index (χ3v) is 5.81. The molecule has 2 heterocycles. The van der Waals surface area contributed by atoms with Gasteiger partial charge in [-0.3, -0.25) is 9.80 Å². The van der Waals surface area contributed by atoms with Crippen LogP contribution < -0.4 is 10.6 Å². The third-order valence-electron chi connectivity index (χ3n) is 5.81. The number of nitrogens with zero attached hydrogens (tertiary/aromatic N) is 2. The van der Waals surface area contributed by atoms with Crippen LogP contribution in [0.5, 0.6) is 0 Å². The van der Waals surface area contributed by atoms with Crippen LogP contribution in [-0.4, -0.2) is 95.1 Å². The highest BCUT2D eigenvalue weighted by Gasteiger charge is 2.09.